The summed E-state index contributed by atoms with van der Waals surface area (Å²) in [5, 5.41) is 8.63. The van der Waals surface area contributed by atoms with E-state index in [1.165, 1.54) is 24.0 Å². The standard InChI is InChI=1S/C18H22N6/c1-15-10-16(5-6-18(15)24-14-19-13-21-24)11-22-8-2-4-17(12-22)23-9-3-7-20-23/h3,5-7,9-10,13-14,17H,2,4,8,11-12H2,1H3/t17-/m1/s1. The van der Waals surface area contributed by atoms with E-state index in [0.29, 0.717) is 6.04 Å². The molecule has 0 N–H and O–H groups in total. The van der Waals surface area contributed by atoms with Crippen molar-refractivity contribution < 1.29 is 0 Å². The van der Waals surface area contributed by atoms with Gasteiger partial charge in [0.25, 0.3) is 0 Å². The van der Waals surface area contributed by atoms with Crippen molar-refractivity contribution in [2.45, 2.75) is 32.4 Å². The van der Waals surface area contributed by atoms with E-state index in [1.54, 1.807) is 12.7 Å². The molecule has 1 fully saturated rings. The van der Waals surface area contributed by atoms with Crippen molar-refractivity contribution in [2.24, 2.45) is 0 Å². The minimum absolute atomic E-state index is 0.490. The van der Waals surface area contributed by atoms with Gasteiger partial charge in [-0.25, -0.2) is 9.67 Å². The van der Waals surface area contributed by atoms with Gasteiger partial charge < -0.3 is 0 Å². The van der Waals surface area contributed by atoms with Crippen LogP contribution in [0.5, 0.6) is 0 Å². The lowest BCUT2D eigenvalue weighted by Gasteiger charge is -2.33. The number of aromatic nitrogens is 5. The Kier molecular flexibility index (Phi) is 4.13. The summed E-state index contributed by atoms with van der Waals surface area (Å²) >= 11 is 0. The Bertz CT molecular complexity index is 778. The van der Waals surface area contributed by atoms with Gasteiger partial charge in [-0.05, 0) is 49.6 Å². The number of piperidine rings is 1. The molecular weight excluding hydrogens is 300 g/mol. The summed E-state index contributed by atoms with van der Waals surface area (Å²) in [7, 11) is 0. The highest BCUT2D eigenvalue weighted by Gasteiger charge is 2.21. The Hall–Kier alpha value is -2.47. The van der Waals surface area contributed by atoms with Crippen LogP contribution < -0.4 is 0 Å². The van der Waals surface area contributed by atoms with Crippen molar-refractivity contribution in [3.8, 4) is 5.69 Å². The highest BCUT2D eigenvalue weighted by Crippen LogP contribution is 2.23. The molecule has 0 aliphatic carbocycles. The molecule has 4 rings (SSSR count). The third kappa shape index (κ3) is 3.10. The molecule has 1 saturated heterocycles. The van der Waals surface area contributed by atoms with Gasteiger partial charge in [-0.15, -0.1) is 0 Å². The van der Waals surface area contributed by atoms with E-state index < -0.39 is 0 Å². The Morgan fingerprint density at radius 1 is 1.25 bits per heavy atom. The molecule has 0 amide bonds. The van der Waals surface area contributed by atoms with Crippen LogP contribution >= 0.6 is 0 Å². The fourth-order valence-electron chi connectivity index (χ4n) is 3.55. The topological polar surface area (TPSA) is 51.8 Å². The van der Waals surface area contributed by atoms with Crippen LogP contribution in [0, 0.1) is 6.92 Å². The van der Waals surface area contributed by atoms with E-state index in [2.05, 4.69) is 56.1 Å². The van der Waals surface area contributed by atoms with Crippen LogP contribution in [-0.4, -0.2) is 42.5 Å². The molecule has 0 spiro atoms. The van der Waals surface area contributed by atoms with E-state index in [-0.39, 0.29) is 0 Å². The molecule has 6 heteroatoms. The molecular formula is C18H22N6. The first kappa shape index (κ1) is 15.1. The van der Waals surface area contributed by atoms with Crippen molar-refractivity contribution in [3.05, 3.63) is 60.4 Å². The molecule has 1 aromatic carbocycles. The van der Waals surface area contributed by atoms with Crippen LogP contribution in [0.4, 0.5) is 0 Å². The third-order valence-electron chi connectivity index (χ3n) is 4.71. The second-order valence-corrected chi connectivity index (χ2v) is 6.48. The molecule has 124 valence electrons. The van der Waals surface area contributed by atoms with E-state index >= 15 is 0 Å². The first-order valence-electron chi connectivity index (χ1n) is 8.45. The lowest BCUT2D eigenvalue weighted by Crippen LogP contribution is -2.36. The molecule has 0 saturated carbocycles. The van der Waals surface area contributed by atoms with Crippen LogP contribution in [0.25, 0.3) is 5.69 Å². The van der Waals surface area contributed by atoms with Gasteiger partial charge in [0, 0.05) is 25.5 Å². The molecule has 1 atom stereocenters. The maximum atomic E-state index is 4.41. The van der Waals surface area contributed by atoms with Gasteiger partial charge in [0.2, 0.25) is 0 Å². The summed E-state index contributed by atoms with van der Waals surface area (Å²) < 4.78 is 3.92. The fourth-order valence-corrected chi connectivity index (χ4v) is 3.55. The molecule has 3 aromatic rings. The minimum atomic E-state index is 0.490. The monoisotopic (exact) mass is 322 g/mol. The van der Waals surface area contributed by atoms with E-state index in [4.69, 9.17) is 0 Å². The Morgan fingerprint density at radius 2 is 2.21 bits per heavy atom. The quantitative estimate of drug-likeness (QED) is 0.741. The maximum Gasteiger partial charge on any atom is 0.138 e. The van der Waals surface area contributed by atoms with Crippen LogP contribution in [0.2, 0.25) is 0 Å². The molecule has 24 heavy (non-hydrogen) atoms. The van der Waals surface area contributed by atoms with Crippen molar-refractivity contribution in [1.29, 1.82) is 0 Å². The third-order valence-corrected chi connectivity index (χ3v) is 4.71. The number of benzene rings is 1. The van der Waals surface area contributed by atoms with Crippen molar-refractivity contribution in [3.63, 3.8) is 0 Å². The zero-order valence-electron chi connectivity index (χ0n) is 13.9. The summed E-state index contributed by atoms with van der Waals surface area (Å²) in [5.41, 5.74) is 3.65. The zero-order valence-corrected chi connectivity index (χ0v) is 13.9. The lowest BCUT2D eigenvalue weighted by atomic mass is 10.0. The highest BCUT2D eigenvalue weighted by atomic mass is 15.3. The smallest absolute Gasteiger partial charge is 0.138 e. The number of likely N-dealkylation sites (tertiary alicyclic amines) is 1. The molecule has 2 aromatic heterocycles. The van der Waals surface area contributed by atoms with Crippen LogP contribution in [0.3, 0.4) is 0 Å². The maximum absolute atomic E-state index is 4.41. The predicted molar refractivity (Wildman–Crippen MR) is 91.9 cm³/mol. The molecule has 1 aliphatic rings. The summed E-state index contributed by atoms with van der Waals surface area (Å²) in [6.45, 7) is 5.33. The van der Waals surface area contributed by atoms with Gasteiger partial charge >= 0.3 is 0 Å². The average molecular weight is 322 g/mol. The summed E-state index contributed by atoms with van der Waals surface area (Å²) in [6.07, 6.45) is 9.68. The van der Waals surface area contributed by atoms with Gasteiger partial charge in [-0.3, -0.25) is 9.58 Å². The lowest BCUT2D eigenvalue weighted by molar-refractivity contribution is 0.163. The van der Waals surface area contributed by atoms with Gasteiger partial charge in [0.15, 0.2) is 0 Å². The largest absolute Gasteiger partial charge is 0.297 e. The SMILES string of the molecule is Cc1cc(CN2CCC[C@@H](n3cccn3)C2)ccc1-n1cncn1. The number of hydrogen-bond acceptors (Lipinski definition) is 4. The molecule has 3 heterocycles. The van der Waals surface area contributed by atoms with E-state index in [9.17, 15) is 0 Å². The number of hydrogen-bond donors (Lipinski definition) is 0. The molecule has 1 aliphatic heterocycles. The normalized spacial score (nSPS) is 18.8. The van der Waals surface area contributed by atoms with Crippen LogP contribution in [-0.2, 0) is 6.54 Å². The first-order chi connectivity index (χ1) is 11.8. The number of rotatable bonds is 4. The van der Waals surface area contributed by atoms with Crippen LogP contribution in [0.15, 0.2) is 49.3 Å². The molecule has 0 radical (unpaired) electrons. The van der Waals surface area contributed by atoms with Gasteiger partial charge in [0.05, 0.1) is 11.7 Å². The van der Waals surface area contributed by atoms with Crippen LogP contribution in [0.1, 0.15) is 30.0 Å². The summed E-state index contributed by atoms with van der Waals surface area (Å²) in [6, 6.07) is 9.08. The fraction of sp³-hybridized carbons (Fsp3) is 0.389. The van der Waals surface area contributed by atoms with Gasteiger partial charge in [-0.1, -0.05) is 12.1 Å². The highest BCUT2D eigenvalue weighted by molar-refractivity contribution is 5.41. The predicted octanol–water partition coefficient (Wildman–Crippen LogP) is 2.61. The molecule has 0 bridgehead atoms. The Morgan fingerprint density at radius 3 is 2.96 bits per heavy atom. The van der Waals surface area contributed by atoms with Gasteiger partial charge in [-0.2, -0.15) is 10.2 Å². The van der Waals surface area contributed by atoms with Crippen molar-refractivity contribution in [2.75, 3.05) is 13.1 Å². The van der Waals surface area contributed by atoms with Crippen molar-refractivity contribution in [1.82, 2.24) is 29.4 Å². The zero-order chi connectivity index (χ0) is 16.4. The first-order valence-corrected chi connectivity index (χ1v) is 8.45. The van der Waals surface area contributed by atoms with Gasteiger partial charge in [0.1, 0.15) is 12.7 Å². The minimum Gasteiger partial charge on any atom is -0.297 e. The van der Waals surface area contributed by atoms with E-state index in [0.717, 1.165) is 25.3 Å². The second-order valence-electron chi connectivity index (χ2n) is 6.48. The van der Waals surface area contributed by atoms with E-state index in [1.807, 2.05) is 16.9 Å². The molecule has 6 nitrogen and oxygen atoms in total. The Labute approximate surface area is 141 Å². The average Bonchev–Trinajstić information content (AvgIpc) is 3.29. The molecule has 0 unspecified atom stereocenters. The second kappa shape index (κ2) is 6.57. The number of nitrogens with zero attached hydrogens (tertiary/aromatic N) is 6. The van der Waals surface area contributed by atoms with Crippen molar-refractivity contribution >= 4 is 0 Å². The Balaban J connectivity index is 1.46. The summed E-state index contributed by atoms with van der Waals surface area (Å²) in [4.78, 5) is 6.55. The summed E-state index contributed by atoms with van der Waals surface area (Å²) in [5.74, 6) is 0. The number of aryl methyl sites for hydroxylation is 1.